The second kappa shape index (κ2) is 8.26. The topological polar surface area (TPSA) is 101 Å². The predicted molar refractivity (Wildman–Crippen MR) is 102 cm³/mol. The Morgan fingerprint density at radius 2 is 2.21 bits per heavy atom. The number of likely N-dealkylation sites (tertiary alicyclic amines) is 1. The number of aromatic nitrogens is 1. The Hall–Kier alpha value is -2.84. The fraction of sp³-hybridized carbons (Fsp3) is 0.600. The average molecular weight is 402 g/mol. The molecule has 3 amide bonds. The van der Waals surface area contributed by atoms with E-state index in [4.69, 9.17) is 9.47 Å². The van der Waals surface area contributed by atoms with Crippen LogP contribution in [0.4, 0.5) is 4.79 Å². The number of rotatable bonds is 5. The molecule has 156 valence electrons. The van der Waals surface area contributed by atoms with Crippen molar-refractivity contribution in [2.75, 3.05) is 39.9 Å². The van der Waals surface area contributed by atoms with E-state index in [9.17, 15) is 14.4 Å². The lowest BCUT2D eigenvalue weighted by Gasteiger charge is -2.33. The summed E-state index contributed by atoms with van der Waals surface area (Å²) in [5, 5.41) is 3.10. The molecule has 1 aromatic heterocycles. The van der Waals surface area contributed by atoms with Gasteiger partial charge in [-0.15, -0.1) is 0 Å². The first-order valence-electron chi connectivity index (χ1n) is 10.1. The van der Waals surface area contributed by atoms with Gasteiger partial charge in [0.15, 0.2) is 0 Å². The summed E-state index contributed by atoms with van der Waals surface area (Å²) in [6.45, 7) is 2.10. The van der Waals surface area contributed by atoms with E-state index in [1.165, 1.54) is 12.0 Å². The fourth-order valence-electron chi connectivity index (χ4n) is 4.65. The number of ether oxygens (including phenoxy) is 2. The summed E-state index contributed by atoms with van der Waals surface area (Å²) >= 11 is 0. The number of fused-ring (bicyclic) bond motifs is 1. The van der Waals surface area contributed by atoms with E-state index in [1.54, 1.807) is 18.3 Å². The molecule has 3 fully saturated rings. The third-order valence-electron chi connectivity index (χ3n) is 6.10. The van der Waals surface area contributed by atoms with E-state index >= 15 is 0 Å². The maximum atomic E-state index is 13.0. The molecule has 1 N–H and O–H groups in total. The first kappa shape index (κ1) is 19.5. The highest BCUT2D eigenvalue weighted by atomic mass is 16.6. The van der Waals surface area contributed by atoms with Crippen LogP contribution in [-0.4, -0.2) is 78.6 Å². The minimum atomic E-state index is -0.438. The van der Waals surface area contributed by atoms with Crippen molar-refractivity contribution in [2.24, 2.45) is 11.8 Å². The van der Waals surface area contributed by atoms with Crippen molar-refractivity contribution in [3.8, 4) is 5.88 Å². The summed E-state index contributed by atoms with van der Waals surface area (Å²) in [6, 6.07) is 3.37. The number of carbonyl (C=O) groups excluding carboxylic acids is 3. The predicted octanol–water partition coefficient (Wildman–Crippen LogP) is 0.899. The van der Waals surface area contributed by atoms with Gasteiger partial charge in [-0.05, 0) is 24.8 Å². The molecule has 0 aromatic carbocycles. The summed E-state index contributed by atoms with van der Waals surface area (Å²) in [4.78, 5) is 44.3. The largest absolute Gasteiger partial charge is 0.481 e. The lowest BCUT2D eigenvalue weighted by Crippen LogP contribution is -2.48. The average Bonchev–Trinajstić information content (AvgIpc) is 3.34. The van der Waals surface area contributed by atoms with Gasteiger partial charge in [-0.2, -0.15) is 0 Å². The normalized spacial score (nSPS) is 26.1. The van der Waals surface area contributed by atoms with Gasteiger partial charge >= 0.3 is 6.09 Å². The maximum absolute atomic E-state index is 13.0. The molecular weight excluding hydrogens is 376 g/mol. The van der Waals surface area contributed by atoms with Crippen LogP contribution >= 0.6 is 0 Å². The van der Waals surface area contributed by atoms with Crippen LogP contribution in [0.3, 0.4) is 0 Å². The molecule has 1 saturated carbocycles. The molecule has 0 spiro atoms. The van der Waals surface area contributed by atoms with Crippen LogP contribution in [0.2, 0.25) is 0 Å². The summed E-state index contributed by atoms with van der Waals surface area (Å²) in [7, 11) is 1.52. The van der Waals surface area contributed by atoms with Gasteiger partial charge < -0.3 is 19.7 Å². The lowest BCUT2D eigenvalue weighted by molar-refractivity contribution is -0.123. The number of cyclic esters (lactones) is 1. The Bertz CT molecular complexity index is 801. The zero-order valence-corrected chi connectivity index (χ0v) is 16.5. The molecule has 0 radical (unpaired) electrons. The van der Waals surface area contributed by atoms with Crippen molar-refractivity contribution in [3.63, 3.8) is 0 Å². The molecule has 0 bridgehead atoms. The van der Waals surface area contributed by atoms with Crippen molar-refractivity contribution in [1.82, 2.24) is 20.1 Å². The van der Waals surface area contributed by atoms with E-state index in [1.807, 2.05) is 4.90 Å². The number of nitrogens with one attached hydrogen (secondary N) is 1. The maximum Gasteiger partial charge on any atom is 0.410 e. The standard InChI is InChI=1S/C20H26N4O5/c1-28-18-9-13(5-6-21-18)19(26)24-10-14-3-2-4-16(15(14)11-24)22-17(25)12-23-7-8-29-20(23)27/h5-6,9,14-16H,2-4,7-8,10-12H2,1H3,(H,22,25)/t14-,15+,16-/m0/s1. The minimum absolute atomic E-state index is 0.0182. The summed E-state index contributed by atoms with van der Waals surface area (Å²) in [5.74, 6) is 0.811. The highest BCUT2D eigenvalue weighted by Crippen LogP contribution is 2.37. The molecule has 2 aliphatic heterocycles. The molecular formula is C20H26N4O5. The molecule has 9 nitrogen and oxygen atoms in total. The Balaban J connectivity index is 1.38. The van der Waals surface area contributed by atoms with E-state index in [0.717, 1.165) is 19.3 Å². The van der Waals surface area contributed by atoms with Crippen molar-refractivity contribution >= 4 is 17.9 Å². The quantitative estimate of drug-likeness (QED) is 0.785. The van der Waals surface area contributed by atoms with E-state index in [-0.39, 0.29) is 30.3 Å². The number of hydrogen-bond acceptors (Lipinski definition) is 6. The van der Waals surface area contributed by atoms with Gasteiger partial charge in [0, 0.05) is 42.9 Å². The van der Waals surface area contributed by atoms with Crippen LogP contribution in [-0.2, 0) is 9.53 Å². The molecule has 2 saturated heterocycles. The van der Waals surface area contributed by atoms with E-state index in [2.05, 4.69) is 10.3 Å². The molecule has 0 unspecified atom stereocenters. The number of carbonyl (C=O) groups is 3. The molecule has 3 heterocycles. The zero-order valence-electron chi connectivity index (χ0n) is 16.5. The van der Waals surface area contributed by atoms with Crippen molar-refractivity contribution in [2.45, 2.75) is 25.3 Å². The van der Waals surface area contributed by atoms with E-state index in [0.29, 0.717) is 43.6 Å². The second-order valence-corrected chi connectivity index (χ2v) is 7.86. The van der Waals surface area contributed by atoms with Gasteiger partial charge in [0.25, 0.3) is 5.91 Å². The number of amides is 3. The highest BCUT2D eigenvalue weighted by molar-refractivity contribution is 5.94. The third kappa shape index (κ3) is 4.13. The van der Waals surface area contributed by atoms with Gasteiger partial charge in [-0.1, -0.05) is 6.42 Å². The third-order valence-corrected chi connectivity index (χ3v) is 6.10. The van der Waals surface area contributed by atoms with Crippen LogP contribution in [0.1, 0.15) is 29.6 Å². The molecule has 4 rings (SSSR count). The van der Waals surface area contributed by atoms with Crippen LogP contribution in [0.25, 0.3) is 0 Å². The molecule has 1 aromatic rings. The second-order valence-electron chi connectivity index (χ2n) is 7.86. The van der Waals surface area contributed by atoms with Crippen molar-refractivity contribution < 1.29 is 23.9 Å². The Morgan fingerprint density at radius 1 is 1.34 bits per heavy atom. The van der Waals surface area contributed by atoms with Gasteiger partial charge in [-0.3, -0.25) is 14.5 Å². The molecule has 9 heteroatoms. The summed E-state index contributed by atoms with van der Waals surface area (Å²) in [5.41, 5.74) is 0.559. The van der Waals surface area contributed by atoms with Gasteiger partial charge in [0.05, 0.1) is 13.7 Å². The Labute approximate surface area is 169 Å². The summed E-state index contributed by atoms with van der Waals surface area (Å²) < 4.78 is 9.99. The first-order valence-corrected chi connectivity index (χ1v) is 10.1. The van der Waals surface area contributed by atoms with Crippen LogP contribution in [0, 0.1) is 11.8 Å². The van der Waals surface area contributed by atoms with E-state index < -0.39 is 6.09 Å². The lowest BCUT2D eigenvalue weighted by atomic mass is 9.78. The smallest absolute Gasteiger partial charge is 0.410 e. The van der Waals surface area contributed by atoms with Gasteiger partial charge in [-0.25, -0.2) is 9.78 Å². The molecule has 1 aliphatic carbocycles. The SMILES string of the molecule is COc1cc(C(=O)N2C[C@@H]3CCC[C@H](NC(=O)CN4CCOC4=O)[C@@H]3C2)ccn1. The Morgan fingerprint density at radius 3 is 2.97 bits per heavy atom. The van der Waals surface area contributed by atoms with Gasteiger partial charge in [0.2, 0.25) is 11.8 Å². The minimum Gasteiger partial charge on any atom is -0.481 e. The fourth-order valence-corrected chi connectivity index (χ4v) is 4.65. The van der Waals surface area contributed by atoms with Crippen molar-refractivity contribution in [3.05, 3.63) is 23.9 Å². The van der Waals surface area contributed by atoms with Gasteiger partial charge in [0.1, 0.15) is 13.2 Å². The zero-order chi connectivity index (χ0) is 20.4. The summed E-state index contributed by atoms with van der Waals surface area (Å²) in [6.07, 6.45) is 4.10. The monoisotopic (exact) mass is 402 g/mol. The van der Waals surface area contributed by atoms with Crippen LogP contribution in [0.15, 0.2) is 18.3 Å². The van der Waals surface area contributed by atoms with Crippen molar-refractivity contribution in [1.29, 1.82) is 0 Å². The number of nitrogens with zero attached hydrogens (tertiary/aromatic N) is 3. The highest BCUT2D eigenvalue weighted by Gasteiger charge is 2.42. The van der Waals surface area contributed by atoms with Crippen LogP contribution in [0.5, 0.6) is 5.88 Å². The number of pyridine rings is 1. The Kier molecular flexibility index (Phi) is 5.55. The number of methoxy groups -OCH3 is 1. The molecule has 3 aliphatic rings. The van der Waals surface area contributed by atoms with Crippen LogP contribution < -0.4 is 10.1 Å². The first-order chi connectivity index (χ1) is 14.0. The molecule has 3 atom stereocenters. The molecule has 29 heavy (non-hydrogen) atoms. The number of hydrogen-bond donors (Lipinski definition) is 1.